The van der Waals surface area contributed by atoms with Crippen LogP contribution in [0.5, 0.6) is 0 Å². The molecule has 0 heterocycles. The van der Waals surface area contributed by atoms with Crippen LogP contribution in [0.3, 0.4) is 0 Å². The van der Waals surface area contributed by atoms with Crippen molar-refractivity contribution in [2.24, 2.45) is 0 Å². The number of hydrogen-bond acceptors (Lipinski definition) is 2. The van der Waals surface area contributed by atoms with Gasteiger partial charge in [-0.15, -0.1) is 0 Å². The Bertz CT molecular complexity index is 83.9. The molecule has 0 aliphatic rings. The molecule has 0 spiro atoms. The minimum absolute atomic E-state index is 0.800. The molecule has 0 aromatic heterocycles. The summed E-state index contributed by atoms with van der Waals surface area (Å²) in [5.41, 5.74) is 0. The van der Waals surface area contributed by atoms with Gasteiger partial charge in [-0.1, -0.05) is 20.8 Å². The Hall–Kier alpha value is 0.310. The molecule has 0 aliphatic heterocycles. The van der Waals surface area contributed by atoms with Crippen LogP contribution in [0.15, 0.2) is 0 Å². The van der Waals surface area contributed by atoms with Crippen molar-refractivity contribution >= 4 is 11.8 Å². The van der Waals surface area contributed by atoms with Gasteiger partial charge in [-0.3, -0.25) is 0 Å². The SMILES string of the molecule is CCCNCCCCSC(C)C. The van der Waals surface area contributed by atoms with Gasteiger partial charge in [0.2, 0.25) is 0 Å². The average Bonchev–Trinajstić information content (AvgIpc) is 2.02. The number of thioether (sulfide) groups is 1. The number of unbranched alkanes of at least 4 members (excludes halogenated alkanes) is 1. The van der Waals surface area contributed by atoms with Crippen LogP contribution in [0.2, 0.25) is 0 Å². The summed E-state index contributed by atoms with van der Waals surface area (Å²) in [6.07, 6.45) is 3.94. The molecule has 0 fully saturated rings. The van der Waals surface area contributed by atoms with E-state index in [9.17, 15) is 0 Å². The fourth-order valence-corrected chi connectivity index (χ4v) is 1.82. The van der Waals surface area contributed by atoms with E-state index in [0.717, 1.165) is 5.25 Å². The summed E-state index contributed by atoms with van der Waals surface area (Å²) in [7, 11) is 0. The zero-order valence-electron chi connectivity index (χ0n) is 8.73. The second-order valence-electron chi connectivity index (χ2n) is 3.38. The summed E-state index contributed by atoms with van der Waals surface area (Å²) < 4.78 is 0. The van der Waals surface area contributed by atoms with Gasteiger partial charge in [-0.2, -0.15) is 11.8 Å². The van der Waals surface area contributed by atoms with Gasteiger partial charge in [-0.25, -0.2) is 0 Å². The van der Waals surface area contributed by atoms with E-state index in [1.807, 2.05) is 0 Å². The first-order valence-corrected chi connectivity index (χ1v) is 6.14. The Kier molecular flexibility index (Phi) is 9.64. The van der Waals surface area contributed by atoms with Gasteiger partial charge in [0.15, 0.2) is 0 Å². The maximum atomic E-state index is 3.41. The van der Waals surface area contributed by atoms with E-state index in [4.69, 9.17) is 0 Å². The standard InChI is InChI=1S/C10H23NS/c1-4-7-11-8-5-6-9-12-10(2)3/h10-11H,4-9H2,1-3H3. The van der Waals surface area contributed by atoms with E-state index in [-0.39, 0.29) is 0 Å². The fraction of sp³-hybridized carbons (Fsp3) is 1.00. The average molecular weight is 189 g/mol. The molecule has 0 aliphatic carbocycles. The van der Waals surface area contributed by atoms with Crippen LogP contribution < -0.4 is 5.32 Å². The highest BCUT2D eigenvalue weighted by atomic mass is 32.2. The quantitative estimate of drug-likeness (QED) is 0.589. The molecule has 0 aromatic carbocycles. The molecule has 74 valence electrons. The molecule has 0 aromatic rings. The predicted octanol–water partition coefficient (Wildman–Crippen LogP) is 2.91. The van der Waals surface area contributed by atoms with Gasteiger partial charge < -0.3 is 5.32 Å². The minimum atomic E-state index is 0.800. The lowest BCUT2D eigenvalue weighted by atomic mass is 10.3. The van der Waals surface area contributed by atoms with Crippen LogP contribution in [0.25, 0.3) is 0 Å². The summed E-state index contributed by atoms with van der Waals surface area (Å²) >= 11 is 2.07. The van der Waals surface area contributed by atoms with E-state index < -0.39 is 0 Å². The van der Waals surface area contributed by atoms with Crippen LogP contribution >= 0.6 is 11.8 Å². The normalized spacial score (nSPS) is 11.0. The van der Waals surface area contributed by atoms with E-state index in [1.54, 1.807) is 0 Å². The maximum absolute atomic E-state index is 3.41. The van der Waals surface area contributed by atoms with E-state index >= 15 is 0 Å². The molecule has 0 saturated heterocycles. The molecule has 0 saturated carbocycles. The van der Waals surface area contributed by atoms with Crippen molar-refractivity contribution in [3.05, 3.63) is 0 Å². The highest BCUT2D eigenvalue weighted by Gasteiger charge is 1.93. The first kappa shape index (κ1) is 12.3. The summed E-state index contributed by atoms with van der Waals surface area (Å²) in [4.78, 5) is 0. The van der Waals surface area contributed by atoms with Crippen molar-refractivity contribution in [1.29, 1.82) is 0 Å². The highest BCUT2D eigenvalue weighted by Crippen LogP contribution is 2.10. The van der Waals surface area contributed by atoms with Crippen molar-refractivity contribution in [2.45, 2.75) is 45.3 Å². The van der Waals surface area contributed by atoms with Crippen molar-refractivity contribution in [2.75, 3.05) is 18.8 Å². The number of nitrogens with one attached hydrogen (secondary N) is 1. The second kappa shape index (κ2) is 9.40. The van der Waals surface area contributed by atoms with Crippen LogP contribution in [0, 0.1) is 0 Å². The monoisotopic (exact) mass is 189 g/mol. The molecule has 0 unspecified atom stereocenters. The van der Waals surface area contributed by atoms with E-state index in [2.05, 4.69) is 37.8 Å². The molecular weight excluding hydrogens is 166 g/mol. The van der Waals surface area contributed by atoms with Crippen LogP contribution in [0.4, 0.5) is 0 Å². The molecule has 0 amide bonds. The number of hydrogen-bond donors (Lipinski definition) is 1. The second-order valence-corrected chi connectivity index (χ2v) is 5.06. The van der Waals surface area contributed by atoms with Crippen molar-refractivity contribution in [3.63, 3.8) is 0 Å². The molecule has 12 heavy (non-hydrogen) atoms. The highest BCUT2D eigenvalue weighted by molar-refractivity contribution is 7.99. The molecule has 0 radical (unpaired) electrons. The Balaban J connectivity index is 2.82. The zero-order valence-corrected chi connectivity index (χ0v) is 9.54. The lowest BCUT2D eigenvalue weighted by Crippen LogP contribution is -2.15. The Morgan fingerprint density at radius 3 is 2.50 bits per heavy atom. The van der Waals surface area contributed by atoms with E-state index in [0.29, 0.717) is 0 Å². The molecule has 2 heteroatoms. The lowest BCUT2D eigenvalue weighted by molar-refractivity contribution is 0.635. The Morgan fingerprint density at radius 2 is 1.92 bits per heavy atom. The van der Waals surface area contributed by atoms with Gasteiger partial charge in [0.1, 0.15) is 0 Å². The molecule has 0 rings (SSSR count). The van der Waals surface area contributed by atoms with Crippen molar-refractivity contribution in [3.8, 4) is 0 Å². The summed E-state index contributed by atoms with van der Waals surface area (Å²) in [6, 6.07) is 0. The largest absolute Gasteiger partial charge is 0.317 e. The zero-order chi connectivity index (χ0) is 9.23. The van der Waals surface area contributed by atoms with Crippen LogP contribution in [0.1, 0.15) is 40.0 Å². The summed E-state index contributed by atoms with van der Waals surface area (Å²) in [5, 5.41) is 4.21. The van der Waals surface area contributed by atoms with E-state index in [1.165, 1.54) is 38.1 Å². The molecular formula is C10H23NS. The van der Waals surface area contributed by atoms with Gasteiger partial charge in [0.05, 0.1) is 0 Å². The molecule has 0 bridgehead atoms. The topological polar surface area (TPSA) is 12.0 Å². The van der Waals surface area contributed by atoms with Crippen molar-refractivity contribution in [1.82, 2.24) is 5.32 Å². The van der Waals surface area contributed by atoms with Crippen molar-refractivity contribution < 1.29 is 0 Å². The maximum Gasteiger partial charge on any atom is -0.000968 e. The predicted molar refractivity (Wildman–Crippen MR) is 60.0 cm³/mol. The third kappa shape index (κ3) is 10.3. The van der Waals surface area contributed by atoms with Gasteiger partial charge in [0, 0.05) is 0 Å². The van der Waals surface area contributed by atoms with Gasteiger partial charge in [0.25, 0.3) is 0 Å². The Morgan fingerprint density at radius 1 is 1.17 bits per heavy atom. The first-order chi connectivity index (χ1) is 5.77. The molecule has 0 atom stereocenters. The van der Waals surface area contributed by atoms with Gasteiger partial charge in [-0.05, 0) is 43.4 Å². The van der Waals surface area contributed by atoms with Crippen LogP contribution in [-0.4, -0.2) is 24.1 Å². The first-order valence-electron chi connectivity index (χ1n) is 5.09. The lowest BCUT2D eigenvalue weighted by Gasteiger charge is -2.04. The van der Waals surface area contributed by atoms with Crippen LogP contribution in [-0.2, 0) is 0 Å². The third-order valence-electron chi connectivity index (χ3n) is 1.63. The Labute approximate surface area is 81.7 Å². The minimum Gasteiger partial charge on any atom is -0.317 e. The van der Waals surface area contributed by atoms with Gasteiger partial charge >= 0.3 is 0 Å². The summed E-state index contributed by atoms with van der Waals surface area (Å²) in [6.45, 7) is 9.12. The fourth-order valence-electron chi connectivity index (χ4n) is 0.973. The summed E-state index contributed by atoms with van der Waals surface area (Å²) in [5.74, 6) is 1.32. The molecule has 1 nitrogen and oxygen atoms in total. The third-order valence-corrected chi connectivity index (χ3v) is 2.82. The number of rotatable bonds is 8. The molecule has 1 N–H and O–H groups in total. The smallest absolute Gasteiger partial charge is 0.000968 e.